The van der Waals surface area contributed by atoms with Crippen LogP contribution in [0.2, 0.25) is 0 Å². The average molecular weight is 398 g/mol. The Kier molecular flexibility index (Phi) is 9.93. The van der Waals surface area contributed by atoms with Gasteiger partial charge in [-0.3, -0.25) is 0 Å². The molecule has 2 aromatic rings. The van der Waals surface area contributed by atoms with E-state index in [0.29, 0.717) is 23.7 Å². The number of carbonyl (C=O) groups is 2. The monoisotopic (exact) mass is 398 g/mol. The van der Waals surface area contributed by atoms with Crippen LogP contribution in [-0.4, -0.2) is 24.6 Å². The van der Waals surface area contributed by atoms with E-state index in [1.165, 1.54) is 25.7 Å². The van der Waals surface area contributed by atoms with Crippen molar-refractivity contribution in [3.8, 4) is 11.5 Å². The molecule has 0 fully saturated rings. The van der Waals surface area contributed by atoms with Gasteiger partial charge in [-0.05, 0) is 49.7 Å². The molecule has 0 spiro atoms. The molecule has 0 saturated carbocycles. The van der Waals surface area contributed by atoms with E-state index in [0.717, 1.165) is 12.8 Å². The van der Waals surface area contributed by atoms with Crippen molar-refractivity contribution >= 4 is 11.9 Å². The fourth-order valence-electron chi connectivity index (χ4n) is 2.72. The van der Waals surface area contributed by atoms with Gasteiger partial charge in [0.25, 0.3) is 0 Å². The largest absolute Gasteiger partial charge is 0.425 e. The third-order valence-electron chi connectivity index (χ3n) is 4.46. The smallest absolute Gasteiger partial charge is 0.343 e. The van der Waals surface area contributed by atoms with Crippen LogP contribution in [0.25, 0.3) is 0 Å². The Labute approximate surface area is 173 Å². The van der Waals surface area contributed by atoms with Gasteiger partial charge in [-0.15, -0.1) is 0 Å². The van der Waals surface area contributed by atoms with E-state index in [9.17, 15) is 9.59 Å². The summed E-state index contributed by atoms with van der Waals surface area (Å²) >= 11 is 0. The first-order valence-corrected chi connectivity index (χ1v) is 10.3. The summed E-state index contributed by atoms with van der Waals surface area (Å²) in [5.74, 6) is -0.0778. The number of esters is 2. The molecule has 0 aliphatic carbocycles. The number of unbranched alkanes of at least 4 members (excludes halogenated alkanes) is 5. The van der Waals surface area contributed by atoms with Gasteiger partial charge in [0.2, 0.25) is 0 Å². The Morgan fingerprint density at radius 1 is 0.793 bits per heavy atom. The van der Waals surface area contributed by atoms with Gasteiger partial charge in [-0.1, -0.05) is 57.2 Å². The van der Waals surface area contributed by atoms with Gasteiger partial charge >= 0.3 is 11.9 Å². The van der Waals surface area contributed by atoms with Gasteiger partial charge in [-0.2, -0.15) is 0 Å². The number of hydrogen-bond donors (Lipinski definition) is 0. The van der Waals surface area contributed by atoms with Crippen molar-refractivity contribution in [1.82, 2.24) is 0 Å². The van der Waals surface area contributed by atoms with Gasteiger partial charge in [-0.25, -0.2) is 9.59 Å². The summed E-state index contributed by atoms with van der Waals surface area (Å²) in [5.41, 5.74) is 0.376. The highest BCUT2D eigenvalue weighted by Crippen LogP contribution is 2.16. The minimum atomic E-state index is -0.631. The zero-order valence-corrected chi connectivity index (χ0v) is 17.3. The van der Waals surface area contributed by atoms with E-state index in [2.05, 4.69) is 6.92 Å². The number of carbonyl (C=O) groups excluding carboxylic acids is 2. The van der Waals surface area contributed by atoms with Crippen LogP contribution in [0.5, 0.6) is 11.5 Å². The molecule has 1 atom stereocenters. The number of para-hydroxylation sites is 1. The summed E-state index contributed by atoms with van der Waals surface area (Å²) in [6, 6.07) is 15.1. The molecule has 0 aliphatic heterocycles. The van der Waals surface area contributed by atoms with E-state index < -0.39 is 18.0 Å². The molecule has 2 aromatic carbocycles. The Morgan fingerprint density at radius 2 is 1.41 bits per heavy atom. The van der Waals surface area contributed by atoms with Crippen molar-refractivity contribution in [3.05, 3.63) is 60.2 Å². The lowest BCUT2D eigenvalue weighted by Gasteiger charge is -2.12. The quantitative estimate of drug-likeness (QED) is 0.265. The normalized spacial score (nSPS) is 11.7. The molecule has 0 radical (unpaired) electrons. The van der Waals surface area contributed by atoms with E-state index in [4.69, 9.17) is 14.2 Å². The lowest BCUT2D eigenvalue weighted by molar-refractivity contribution is -0.146. The molecule has 156 valence electrons. The average Bonchev–Trinajstić information content (AvgIpc) is 2.74. The fraction of sp³-hybridized carbons (Fsp3) is 0.417. The highest BCUT2D eigenvalue weighted by molar-refractivity contribution is 5.91. The van der Waals surface area contributed by atoms with Gasteiger partial charge < -0.3 is 14.2 Å². The highest BCUT2D eigenvalue weighted by Gasteiger charge is 2.16. The molecule has 0 heterocycles. The maximum Gasteiger partial charge on any atom is 0.343 e. The Hall–Kier alpha value is -2.66. The highest BCUT2D eigenvalue weighted by atomic mass is 16.6. The second-order valence-electron chi connectivity index (χ2n) is 6.93. The fourth-order valence-corrected chi connectivity index (χ4v) is 2.72. The van der Waals surface area contributed by atoms with Crippen molar-refractivity contribution in [2.24, 2.45) is 0 Å². The van der Waals surface area contributed by atoms with Crippen LogP contribution in [-0.2, 0) is 9.53 Å². The van der Waals surface area contributed by atoms with Crippen LogP contribution in [0.3, 0.4) is 0 Å². The molecule has 0 bridgehead atoms. The van der Waals surface area contributed by atoms with E-state index in [-0.39, 0.29) is 0 Å². The summed E-state index contributed by atoms with van der Waals surface area (Å²) in [6.07, 6.45) is 6.38. The third-order valence-corrected chi connectivity index (χ3v) is 4.46. The molecule has 0 saturated heterocycles. The number of hydrogen-bond acceptors (Lipinski definition) is 5. The predicted octanol–water partition coefficient (Wildman–Crippen LogP) is 5.58. The number of rotatable bonds is 12. The molecule has 0 unspecified atom stereocenters. The SMILES string of the molecule is CCCCCCCCO[C@@H](C)C(=O)Oc1ccc(C(=O)Oc2ccccc2)cc1. The summed E-state index contributed by atoms with van der Waals surface area (Å²) in [7, 11) is 0. The zero-order valence-electron chi connectivity index (χ0n) is 17.3. The lowest BCUT2D eigenvalue weighted by Crippen LogP contribution is -2.26. The van der Waals surface area contributed by atoms with Gasteiger partial charge in [0.1, 0.15) is 11.5 Å². The third kappa shape index (κ3) is 8.48. The summed E-state index contributed by atoms with van der Waals surface area (Å²) in [6.45, 7) is 4.43. The number of benzene rings is 2. The maximum atomic E-state index is 12.1. The molecule has 0 amide bonds. The zero-order chi connectivity index (χ0) is 20.9. The molecule has 0 aromatic heterocycles. The van der Waals surface area contributed by atoms with Crippen molar-refractivity contribution in [2.45, 2.75) is 58.5 Å². The van der Waals surface area contributed by atoms with Crippen LogP contribution < -0.4 is 9.47 Å². The van der Waals surface area contributed by atoms with Crippen LogP contribution in [0.15, 0.2) is 54.6 Å². The second-order valence-corrected chi connectivity index (χ2v) is 6.93. The van der Waals surface area contributed by atoms with Crippen LogP contribution >= 0.6 is 0 Å². The Balaban J connectivity index is 1.72. The Morgan fingerprint density at radius 3 is 2.10 bits per heavy atom. The number of ether oxygens (including phenoxy) is 3. The predicted molar refractivity (Wildman–Crippen MR) is 112 cm³/mol. The van der Waals surface area contributed by atoms with Gasteiger partial charge in [0.15, 0.2) is 6.10 Å². The molecule has 0 aliphatic rings. The lowest BCUT2D eigenvalue weighted by atomic mass is 10.1. The van der Waals surface area contributed by atoms with Crippen LogP contribution in [0.4, 0.5) is 0 Å². The first kappa shape index (κ1) is 22.6. The van der Waals surface area contributed by atoms with Gasteiger partial charge in [0.05, 0.1) is 5.56 Å². The topological polar surface area (TPSA) is 61.8 Å². The van der Waals surface area contributed by atoms with Crippen molar-refractivity contribution in [3.63, 3.8) is 0 Å². The van der Waals surface area contributed by atoms with E-state index in [1.54, 1.807) is 55.5 Å². The maximum absolute atomic E-state index is 12.1. The van der Waals surface area contributed by atoms with Gasteiger partial charge in [0, 0.05) is 6.61 Å². The summed E-state index contributed by atoms with van der Waals surface area (Å²) in [5, 5.41) is 0. The van der Waals surface area contributed by atoms with Crippen LogP contribution in [0.1, 0.15) is 62.7 Å². The molecule has 5 nitrogen and oxygen atoms in total. The minimum absolute atomic E-state index is 0.362. The molecule has 5 heteroatoms. The summed E-state index contributed by atoms with van der Waals surface area (Å²) < 4.78 is 16.2. The minimum Gasteiger partial charge on any atom is -0.425 e. The first-order chi connectivity index (χ1) is 14.1. The molecule has 2 rings (SSSR count). The van der Waals surface area contributed by atoms with Crippen molar-refractivity contribution in [1.29, 1.82) is 0 Å². The molecule has 0 N–H and O–H groups in total. The van der Waals surface area contributed by atoms with Crippen LogP contribution in [0, 0.1) is 0 Å². The summed E-state index contributed by atoms with van der Waals surface area (Å²) in [4.78, 5) is 24.3. The van der Waals surface area contributed by atoms with E-state index in [1.807, 2.05) is 6.07 Å². The van der Waals surface area contributed by atoms with Crippen molar-refractivity contribution in [2.75, 3.05) is 6.61 Å². The van der Waals surface area contributed by atoms with E-state index >= 15 is 0 Å². The second kappa shape index (κ2) is 12.7. The molecule has 29 heavy (non-hydrogen) atoms. The standard InChI is InChI=1S/C24H30O5/c1-3-4-5-6-7-11-18-27-19(2)23(25)28-22-16-14-20(15-17-22)24(26)29-21-12-9-8-10-13-21/h8-10,12-17,19H,3-7,11,18H2,1-2H3/t19-/m0/s1. The Bertz CT molecular complexity index is 740. The molecular weight excluding hydrogens is 368 g/mol. The molecular formula is C24H30O5. The first-order valence-electron chi connectivity index (χ1n) is 10.3. The van der Waals surface area contributed by atoms with Crippen molar-refractivity contribution < 1.29 is 23.8 Å².